The van der Waals surface area contributed by atoms with Crippen LogP contribution in [0.25, 0.3) is 11.1 Å². The molecule has 0 N–H and O–H groups in total. The Morgan fingerprint density at radius 2 is 1.14 bits per heavy atom. The van der Waals surface area contributed by atoms with Gasteiger partial charge in [-0.25, -0.2) is 0 Å². The molecule has 2 aliphatic carbocycles. The van der Waals surface area contributed by atoms with Crippen molar-refractivity contribution in [3.05, 3.63) is 119 Å². The third-order valence-corrected chi connectivity index (χ3v) is 4.77. The first kappa shape index (κ1) is 26.5. The molecule has 0 atom stereocenters. The van der Waals surface area contributed by atoms with Crippen molar-refractivity contribution in [2.75, 3.05) is 0 Å². The quantitative estimate of drug-likeness (QED) is 0.345. The molecule has 2 aromatic rings. The Morgan fingerprint density at radius 1 is 0.655 bits per heavy atom. The summed E-state index contributed by atoms with van der Waals surface area (Å²) in [6, 6.07) is 20.1. The molecule has 142 valence electrons. The number of hydrogen-bond donors (Lipinski definition) is 0. The molecular weight excluding hydrogens is 446 g/mol. The number of rotatable bonds is 2. The van der Waals surface area contributed by atoms with Crippen molar-refractivity contribution in [1.82, 2.24) is 0 Å². The molecule has 0 aliphatic heterocycles. The van der Waals surface area contributed by atoms with Crippen LogP contribution in [0.2, 0.25) is 0 Å². The van der Waals surface area contributed by atoms with Gasteiger partial charge in [-0.2, -0.15) is 5.41 Å². The molecule has 10 radical (unpaired) electrons. The minimum atomic E-state index is 0. The minimum absolute atomic E-state index is 0. The predicted octanol–water partition coefficient (Wildman–Crippen LogP) is 6.49. The van der Waals surface area contributed by atoms with Crippen LogP contribution >= 0.6 is 8.20 Å². The van der Waals surface area contributed by atoms with Crippen LogP contribution in [0.1, 0.15) is 20.8 Å². The summed E-state index contributed by atoms with van der Waals surface area (Å²) in [6.07, 6.45) is 20.0. The minimum Gasteiger partial charge on any atom is -0.458 e. The van der Waals surface area contributed by atoms with Crippen molar-refractivity contribution in [2.24, 2.45) is 5.41 Å². The first-order chi connectivity index (χ1) is 13.5. The Balaban J connectivity index is 0.000000311. The molecule has 2 aliphatic rings. The summed E-state index contributed by atoms with van der Waals surface area (Å²) in [5, 5.41) is 1.17. The molecule has 0 heterocycles. The van der Waals surface area contributed by atoms with E-state index in [0.29, 0.717) is 0 Å². The van der Waals surface area contributed by atoms with Crippen LogP contribution in [0.3, 0.4) is 0 Å². The molecule has 29 heavy (non-hydrogen) atoms. The van der Waals surface area contributed by atoms with Crippen molar-refractivity contribution in [3.8, 4) is 11.1 Å². The van der Waals surface area contributed by atoms with Crippen LogP contribution < -0.4 is 5.30 Å². The molecule has 2 fully saturated rings. The summed E-state index contributed by atoms with van der Waals surface area (Å²) in [5.41, 5.74) is 2.49. The monoisotopic (exact) mass is 472 g/mol. The molecule has 2 heteroatoms. The molecule has 2 saturated carbocycles. The van der Waals surface area contributed by atoms with E-state index in [1.54, 1.807) is 0 Å². The summed E-state index contributed by atoms with van der Waals surface area (Å²) < 4.78 is 0. The molecule has 0 unspecified atom stereocenters. The van der Waals surface area contributed by atoms with E-state index in [2.05, 4.69) is 75.1 Å². The molecule has 0 saturated heterocycles. The third-order valence-electron chi connectivity index (χ3n) is 3.49. The van der Waals surface area contributed by atoms with Gasteiger partial charge in [0.05, 0.1) is 0 Å². The van der Waals surface area contributed by atoms with E-state index >= 15 is 0 Å². The van der Waals surface area contributed by atoms with Gasteiger partial charge < -0.3 is 14.0 Å². The summed E-state index contributed by atoms with van der Waals surface area (Å²) in [4.78, 5) is 0. The third kappa shape index (κ3) is 12.7. The SMILES string of the molecule is CC(C)(C)[C-]=Pc1[c-]c(-c2ccccc2)ccc1.[CH]1[CH][CH][CH][CH]1.[CH]1[CH][CH][CH][CH]1.[Zr+4]. The van der Waals surface area contributed by atoms with Crippen molar-refractivity contribution in [2.45, 2.75) is 20.8 Å². The molecule has 0 nitrogen and oxygen atoms in total. The van der Waals surface area contributed by atoms with Gasteiger partial charge in [-0.1, -0.05) is 56.7 Å². The van der Waals surface area contributed by atoms with E-state index in [4.69, 9.17) is 0 Å². The van der Waals surface area contributed by atoms with E-state index in [0.717, 1.165) is 13.8 Å². The molecular formula is C27H27PZr+2. The second-order valence-corrected chi connectivity index (χ2v) is 8.14. The van der Waals surface area contributed by atoms with E-state index in [1.165, 1.54) is 10.9 Å². The van der Waals surface area contributed by atoms with Crippen molar-refractivity contribution in [3.63, 3.8) is 0 Å². The summed E-state index contributed by atoms with van der Waals surface area (Å²) in [5.74, 6) is 3.46. The van der Waals surface area contributed by atoms with Crippen LogP contribution in [0.5, 0.6) is 0 Å². The Morgan fingerprint density at radius 3 is 1.59 bits per heavy atom. The van der Waals surface area contributed by atoms with Gasteiger partial charge in [-0.15, -0.1) is 35.1 Å². The Kier molecular flexibility index (Phi) is 14.0. The standard InChI is InChI=1S/C17H17P.2C5H5.Zr/c1-17(2,3)13-18-16-11-7-10-15(12-16)14-8-5-4-6-9-14;2*1-2-4-5-3-1;/h4-11H,1-3H3;2*1-5H;/q-2;;;+4. The summed E-state index contributed by atoms with van der Waals surface area (Å²) in [7, 11) is 1.11. The van der Waals surface area contributed by atoms with Gasteiger partial charge in [0.15, 0.2) is 0 Å². The smallest absolute Gasteiger partial charge is 0.458 e. The molecule has 0 spiro atoms. The first-order valence-corrected chi connectivity index (χ1v) is 10.3. The van der Waals surface area contributed by atoms with Gasteiger partial charge in [-0.3, -0.25) is 0 Å². The summed E-state index contributed by atoms with van der Waals surface area (Å²) >= 11 is 0. The molecule has 0 amide bonds. The second kappa shape index (κ2) is 15.3. The van der Waals surface area contributed by atoms with Crippen molar-refractivity contribution >= 4 is 19.3 Å². The molecule has 2 aromatic carbocycles. The predicted molar refractivity (Wildman–Crippen MR) is 125 cm³/mol. The molecule has 0 bridgehead atoms. The van der Waals surface area contributed by atoms with E-state index in [9.17, 15) is 0 Å². The average molecular weight is 474 g/mol. The number of hydrogen-bond acceptors (Lipinski definition) is 0. The second-order valence-electron chi connectivity index (χ2n) is 7.21. The largest absolute Gasteiger partial charge is 4.00 e. The zero-order valence-electron chi connectivity index (χ0n) is 17.3. The maximum atomic E-state index is 3.46. The topological polar surface area (TPSA) is 0 Å². The van der Waals surface area contributed by atoms with E-state index < -0.39 is 0 Å². The zero-order chi connectivity index (χ0) is 20.1. The van der Waals surface area contributed by atoms with Gasteiger partial charge >= 0.3 is 26.2 Å². The maximum absolute atomic E-state index is 3.46. The van der Waals surface area contributed by atoms with Crippen LogP contribution in [0, 0.1) is 75.7 Å². The fourth-order valence-electron chi connectivity index (χ4n) is 2.18. The van der Waals surface area contributed by atoms with Gasteiger partial charge in [0.25, 0.3) is 0 Å². The molecule has 4 rings (SSSR count). The summed E-state index contributed by atoms with van der Waals surface area (Å²) in [6.45, 7) is 6.50. The van der Waals surface area contributed by atoms with E-state index in [-0.39, 0.29) is 31.6 Å². The fourth-order valence-corrected chi connectivity index (χ4v) is 2.97. The van der Waals surface area contributed by atoms with Gasteiger partial charge in [0.2, 0.25) is 0 Å². The van der Waals surface area contributed by atoms with Crippen LogP contribution in [-0.2, 0) is 26.2 Å². The Labute approximate surface area is 200 Å². The number of benzene rings is 2. The molecule has 0 aromatic heterocycles. The van der Waals surface area contributed by atoms with Gasteiger partial charge in [-0.05, 0) is 64.2 Å². The average Bonchev–Trinajstić information content (AvgIpc) is 3.46. The Hall–Kier alpha value is -0.507. The maximum Gasteiger partial charge on any atom is 4.00 e. The van der Waals surface area contributed by atoms with Crippen LogP contribution in [0.15, 0.2) is 48.5 Å². The van der Waals surface area contributed by atoms with Crippen molar-refractivity contribution < 1.29 is 26.2 Å². The van der Waals surface area contributed by atoms with Gasteiger partial charge in [0.1, 0.15) is 0 Å². The first-order valence-electron chi connectivity index (χ1n) is 9.44. The Bertz CT molecular complexity index is 652. The van der Waals surface area contributed by atoms with Crippen molar-refractivity contribution in [1.29, 1.82) is 0 Å². The fraction of sp³-hybridized carbons (Fsp3) is 0.148. The zero-order valence-corrected chi connectivity index (χ0v) is 20.7. The van der Waals surface area contributed by atoms with E-state index in [1.807, 2.05) is 70.3 Å². The normalized spacial score (nSPS) is 15.7. The van der Waals surface area contributed by atoms with Crippen LogP contribution in [0.4, 0.5) is 0 Å². The van der Waals surface area contributed by atoms with Crippen LogP contribution in [-0.4, -0.2) is 5.80 Å². The van der Waals surface area contributed by atoms with Gasteiger partial charge in [0, 0.05) is 0 Å².